The molecule has 4 rings (SSSR count). The predicted octanol–water partition coefficient (Wildman–Crippen LogP) is 5.97. The van der Waals surface area contributed by atoms with Crippen LogP contribution in [0.1, 0.15) is 30.5 Å². The smallest absolute Gasteiger partial charge is 0.280 e. The molecule has 1 aliphatic heterocycles. The highest BCUT2D eigenvalue weighted by Crippen LogP contribution is 2.31. The number of carbonyl (C=O) groups is 1. The van der Waals surface area contributed by atoms with Gasteiger partial charge in [0.1, 0.15) is 19.0 Å². The molecule has 0 saturated heterocycles. The highest BCUT2D eigenvalue weighted by Gasteiger charge is 2.28. The predicted molar refractivity (Wildman–Crippen MR) is 140 cm³/mol. The summed E-state index contributed by atoms with van der Waals surface area (Å²) >= 11 is 0. The van der Waals surface area contributed by atoms with Crippen molar-refractivity contribution in [3.05, 3.63) is 89.0 Å². The Balaban J connectivity index is 1.44. The molecule has 0 aromatic heterocycles. The lowest BCUT2D eigenvalue weighted by Gasteiger charge is -2.14. The van der Waals surface area contributed by atoms with Gasteiger partial charge in [-0.25, -0.2) is 0 Å². The van der Waals surface area contributed by atoms with E-state index >= 15 is 0 Å². The summed E-state index contributed by atoms with van der Waals surface area (Å²) in [6, 6.07) is 21.1. The second-order valence-corrected chi connectivity index (χ2v) is 8.30. The van der Waals surface area contributed by atoms with E-state index in [0.29, 0.717) is 42.6 Å². The Kier molecular flexibility index (Phi) is 7.51. The van der Waals surface area contributed by atoms with Gasteiger partial charge in [-0.05, 0) is 75.2 Å². The Morgan fingerprint density at radius 2 is 1.54 bits per heavy atom. The standard InChI is InChI=1S/C29H30N2O4/c1-5-33-28-19-23(18-25-22(4)30-31(29(25)32)24-9-7-6-8-10-24)12-14-27(28)35-16-15-34-26-13-11-20(2)17-21(26)3/h6-14,17-19H,5,15-16H2,1-4H3/b25-18+. The summed E-state index contributed by atoms with van der Waals surface area (Å²) in [5, 5.41) is 5.87. The molecule has 0 aliphatic carbocycles. The van der Waals surface area contributed by atoms with Crippen LogP contribution >= 0.6 is 0 Å². The van der Waals surface area contributed by atoms with Crippen molar-refractivity contribution in [2.75, 3.05) is 24.8 Å². The van der Waals surface area contributed by atoms with Crippen molar-refractivity contribution < 1.29 is 19.0 Å². The normalized spacial score (nSPS) is 14.3. The van der Waals surface area contributed by atoms with Gasteiger partial charge in [0.25, 0.3) is 5.91 Å². The first kappa shape index (κ1) is 24.1. The zero-order valence-corrected chi connectivity index (χ0v) is 20.6. The molecular formula is C29H30N2O4. The molecule has 35 heavy (non-hydrogen) atoms. The van der Waals surface area contributed by atoms with Gasteiger partial charge in [-0.2, -0.15) is 10.1 Å². The average molecular weight is 471 g/mol. The summed E-state index contributed by atoms with van der Waals surface area (Å²) in [4.78, 5) is 13.0. The molecule has 1 aliphatic rings. The number of anilines is 1. The summed E-state index contributed by atoms with van der Waals surface area (Å²) in [7, 11) is 0. The van der Waals surface area contributed by atoms with Crippen molar-refractivity contribution in [2.45, 2.75) is 27.7 Å². The second-order valence-electron chi connectivity index (χ2n) is 8.30. The van der Waals surface area contributed by atoms with E-state index in [4.69, 9.17) is 14.2 Å². The van der Waals surface area contributed by atoms with E-state index in [2.05, 4.69) is 18.1 Å². The van der Waals surface area contributed by atoms with E-state index in [-0.39, 0.29) is 5.91 Å². The molecule has 3 aromatic carbocycles. The van der Waals surface area contributed by atoms with Crippen LogP contribution in [-0.2, 0) is 4.79 Å². The molecular weight excluding hydrogens is 440 g/mol. The van der Waals surface area contributed by atoms with Crippen molar-refractivity contribution in [2.24, 2.45) is 5.10 Å². The molecule has 0 bridgehead atoms. The number of nitrogens with zero attached hydrogens (tertiary/aromatic N) is 2. The van der Waals surface area contributed by atoms with Gasteiger partial charge in [0, 0.05) is 0 Å². The van der Waals surface area contributed by atoms with Crippen LogP contribution in [0.3, 0.4) is 0 Å². The lowest BCUT2D eigenvalue weighted by molar-refractivity contribution is -0.114. The Bertz CT molecular complexity index is 1260. The maximum atomic E-state index is 13.0. The van der Waals surface area contributed by atoms with Crippen LogP contribution in [0.2, 0.25) is 0 Å². The van der Waals surface area contributed by atoms with Gasteiger partial charge in [0.15, 0.2) is 11.5 Å². The zero-order valence-electron chi connectivity index (χ0n) is 20.6. The van der Waals surface area contributed by atoms with Crippen LogP contribution in [0, 0.1) is 13.8 Å². The maximum Gasteiger partial charge on any atom is 0.280 e. The first-order valence-electron chi connectivity index (χ1n) is 11.7. The maximum absolute atomic E-state index is 13.0. The van der Waals surface area contributed by atoms with E-state index in [0.717, 1.165) is 22.6 Å². The largest absolute Gasteiger partial charge is 0.490 e. The molecule has 0 fully saturated rings. The fraction of sp³-hybridized carbons (Fsp3) is 0.241. The Hall–Kier alpha value is -4.06. The number of amides is 1. The molecule has 1 amide bonds. The fourth-order valence-electron chi connectivity index (χ4n) is 3.86. The molecule has 1 heterocycles. The average Bonchev–Trinajstić information content (AvgIpc) is 3.13. The van der Waals surface area contributed by atoms with Gasteiger partial charge in [-0.1, -0.05) is 42.0 Å². The van der Waals surface area contributed by atoms with Gasteiger partial charge in [-0.15, -0.1) is 0 Å². The van der Waals surface area contributed by atoms with E-state index in [1.165, 1.54) is 10.6 Å². The Morgan fingerprint density at radius 1 is 0.829 bits per heavy atom. The SMILES string of the molecule is CCOc1cc(/C=C2/C(=O)N(c3ccccc3)N=C2C)ccc1OCCOc1ccc(C)cc1C. The third kappa shape index (κ3) is 5.72. The lowest BCUT2D eigenvalue weighted by atomic mass is 10.1. The minimum absolute atomic E-state index is 0.157. The van der Waals surface area contributed by atoms with Crippen LogP contribution in [0.4, 0.5) is 5.69 Å². The van der Waals surface area contributed by atoms with Crippen molar-refractivity contribution in [1.82, 2.24) is 0 Å². The van der Waals surface area contributed by atoms with Gasteiger partial charge in [-0.3, -0.25) is 4.79 Å². The number of ether oxygens (including phenoxy) is 3. The number of hydrogen-bond acceptors (Lipinski definition) is 5. The summed E-state index contributed by atoms with van der Waals surface area (Å²) in [5.41, 5.74) is 5.09. The van der Waals surface area contributed by atoms with Gasteiger partial charge in [0.2, 0.25) is 0 Å². The fourth-order valence-corrected chi connectivity index (χ4v) is 3.86. The molecule has 180 valence electrons. The lowest BCUT2D eigenvalue weighted by Crippen LogP contribution is -2.21. The highest BCUT2D eigenvalue weighted by atomic mass is 16.5. The summed E-state index contributed by atoms with van der Waals surface area (Å²) in [6.07, 6.45) is 1.83. The molecule has 0 atom stereocenters. The number of para-hydroxylation sites is 1. The molecule has 6 nitrogen and oxygen atoms in total. The third-order valence-electron chi connectivity index (χ3n) is 5.57. The monoisotopic (exact) mass is 470 g/mol. The van der Waals surface area contributed by atoms with Crippen molar-refractivity contribution in [3.8, 4) is 17.2 Å². The van der Waals surface area contributed by atoms with Crippen LogP contribution in [-0.4, -0.2) is 31.4 Å². The molecule has 0 spiro atoms. The first-order chi connectivity index (χ1) is 17.0. The number of carbonyl (C=O) groups excluding carboxylic acids is 1. The molecule has 0 unspecified atom stereocenters. The van der Waals surface area contributed by atoms with E-state index < -0.39 is 0 Å². The molecule has 0 radical (unpaired) electrons. The second kappa shape index (κ2) is 10.9. The van der Waals surface area contributed by atoms with E-state index in [1.807, 2.05) is 87.5 Å². The molecule has 0 N–H and O–H groups in total. The van der Waals surface area contributed by atoms with Crippen molar-refractivity contribution in [3.63, 3.8) is 0 Å². The number of aryl methyl sites for hydroxylation is 2. The number of rotatable bonds is 9. The quantitative estimate of drug-likeness (QED) is 0.286. The van der Waals surface area contributed by atoms with Gasteiger partial charge in [0.05, 0.1) is 23.6 Å². The number of hydrogen-bond donors (Lipinski definition) is 0. The van der Waals surface area contributed by atoms with Crippen molar-refractivity contribution in [1.29, 1.82) is 0 Å². The third-order valence-corrected chi connectivity index (χ3v) is 5.57. The highest BCUT2D eigenvalue weighted by molar-refractivity contribution is 6.32. The van der Waals surface area contributed by atoms with E-state index in [9.17, 15) is 4.79 Å². The number of benzene rings is 3. The van der Waals surface area contributed by atoms with Gasteiger partial charge >= 0.3 is 0 Å². The van der Waals surface area contributed by atoms with Crippen LogP contribution in [0.15, 0.2) is 77.4 Å². The molecule has 6 heteroatoms. The Morgan fingerprint density at radius 3 is 2.26 bits per heavy atom. The minimum atomic E-state index is -0.157. The van der Waals surface area contributed by atoms with Crippen LogP contribution in [0.25, 0.3) is 6.08 Å². The summed E-state index contributed by atoms with van der Waals surface area (Å²) < 4.78 is 17.6. The summed E-state index contributed by atoms with van der Waals surface area (Å²) in [5.74, 6) is 1.95. The molecule has 3 aromatic rings. The minimum Gasteiger partial charge on any atom is -0.490 e. The van der Waals surface area contributed by atoms with Crippen molar-refractivity contribution >= 4 is 23.4 Å². The Labute approximate surface area is 206 Å². The van der Waals surface area contributed by atoms with Crippen LogP contribution in [0.5, 0.6) is 17.2 Å². The van der Waals surface area contributed by atoms with Gasteiger partial charge < -0.3 is 14.2 Å². The van der Waals surface area contributed by atoms with E-state index in [1.54, 1.807) is 0 Å². The first-order valence-corrected chi connectivity index (χ1v) is 11.7. The summed E-state index contributed by atoms with van der Waals surface area (Å²) in [6.45, 7) is 9.15. The van der Waals surface area contributed by atoms with Crippen LogP contribution < -0.4 is 19.2 Å². The topological polar surface area (TPSA) is 60.4 Å². The zero-order chi connectivity index (χ0) is 24.8. The molecule has 0 saturated carbocycles. The number of hydrazone groups is 1.